The molecule has 1 aromatic rings. The van der Waals surface area contributed by atoms with Gasteiger partial charge < -0.3 is 20.9 Å². The first-order valence-corrected chi connectivity index (χ1v) is 9.66. The molecule has 0 spiro atoms. The lowest BCUT2D eigenvalue weighted by atomic mass is 9.95. The molecule has 3 amide bonds. The van der Waals surface area contributed by atoms with Crippen LogP contribution in [0.5, 0.6) is 0 Å². The zero-order valence-corrected chi connectivity index (χ0v) is 15.5. The number of nitrogens with one attached hydrogen (secondary N) is 3. The van der Waals surface area contributed by atoms with Crippen LogP contribution >= 0.6 is 0 Å². The van der Waals surface area contributed by atoms with Gasteiger partial charge in [-0.1, -0.05) is 19.3 Å². The van der Waals surface area contributed by atoms with Gasteiger partial charge in [0.05, 0.1) is 5.56 Å². The molecule has 7 nitrogen and oxygen atoms in total. The Labute approximate surface area is 154 Å². The highest BCUT2D eigenvalue weighted by molar-refractivity contribution is 5.98. The van der Waals surface area contributed by atoms with Crippen molar-refractivity contribution in [1.29, 1.82) is 0 Å². The van der Waals surface area contributed by atoms with Crippen LogP contribution < -0.4 is 16.0 Å². The van der Waals surface area contributed by atoms with Gasteiger partial charge in [0.1, 0.15) is 5.82 Å². The number of piperidine rings is 1. The third-order valence-electron chi connectivity index (χ3n) is 5.34. The Kier molecular flexibility index (Phi) is 6.30. The standard InChI is InChI=1S/C19H29N5O2/c1-20-18(25)16-8-5-11-21-17(16)22-15-9-12-24(13-10-15)19(26)23-14-6-3-2-4-7-14/h5,8,11,14-15H,2-4,6-7,9-10,12-13H2,1H3,(H,20,25)(H,21,22)(H,23,26). The second-order valence-electron chi connectivity index (χ2n) is 7.17. The zero-order chi connectivity index (χ0) is 18.4. The summed E-state index contributed by atoms with van der Waals surface area (Å²) in [5, 5.41) is 9.20. The second kappa shape index (κ2) is 8.87. The molecule has 1 saturated heterocycles. The number of urea groups is 1. The number of carbonyl (C=O) groups is 2. The summed E-state index contributed by atoms with van der Waals surface area (Å²) in [6, 6.07) is 4.15. The Hall–Kier alpha value is -2.31. The quantitative estimate of drug-likeness (QED) is 0.770. The largest absolute Gasteiger partial charge is 0.367 e. The summed E-state index contributed by atoms with van der Waals surface area (Å²) in [4.78, 5) is 30.6. The monoisotopic (exact) mass is 359 g/mol. The minimum absolute atomic E-state index is 0.0687. The molecule has 142 valence electrons. The molecule has 0 radical (unpaired) electrons. The van der Waals surface area contributed by atoms with Crippen LogP contribution in [-0.4, -0.2) is 54.0 Å². The van der Waals surface area contributed by atoms with Gasteiger partial charge in [0.15, 0.2) is 0 Å². The van der Waals surface area contributed by atoms with Crippen molar-refractivity contribution in [3.05, 3.63) is 23.9 Å². The maximum absolute atomic E-state index is 12.4. The van der Waals surface area contributed by atoms with Crippen molar-refractivity contribution < 1.29 is 9.59 Å². The molecular weight excluding hydrogens is 330 g/mol. The molecule has 0 bridgehead atoms. The summed E-state index contributed by atoms with van der Waals surface area (Å²) in [6.07, 6.45) is 9.31. The predicted molar refractivity (Wildman–Crippen MR) is 101 cm³/mol. The average Bonchev–Trinajstić information content (AvgIpc) is 2.69. The number of carbonyl (C=O) groups excluding carboxylic acids is 2. The maximum Gasteiger partial charge on any atom is 0.317 e. The second-order valence-corrected chi connectivity index (χ2v) is 7.17. The first-order chi connectivity index (χ1) is 12.7. The van der Waals surface area contributed by atoms with E-state index < -0.39 is 0 Å². The number of aromatic nitrogens is 1. The number of nitrogens with zero attached hydrogens (tertiary/aromatic N) is 2. The summed E-state index contributed by atoms with van der Waals surface area (Å²) < 4.78 is 0. The van der Waals surface area contributed by atoms with Gasteiger partial charge >= 0.3 is 6.03 Å². The smallest absolute Gasteiger partial charge is 0.317 e. The first kappa shape index (κ1) is 18.5. The molecule has 1 saturated carbocycles. The van der Waals surface area contributed by atoms with Gasteiger partial charge in [-0.05, 0) is 37.8 Å². The van der Waals surface area contributed by atoms with Crippen molar-refractivity contribution in [3.63, 3.8) is 0 Å². The molecule has 2 heterocycles. The van der Waals surface area contributed by atoms with Crippen molar-refractivity contribution >= 4 is 17.8 Å². The third kappa shape index (κ3) is 4.65. The highest BCUT2D eigenvalue weighted by atomic mass is 16.2. The molecule has 0 atom stereocenters. The van der Waals surface area contributed by atoms with Gasteiger partial charge in [0, 0.05) is 38.4 Å². The van der Waals surface area contributed by atoms with Crippen molar-refractivity contribution in [2.24, 2.45) is 0 Å². The van der Waals surface area contributed by atoms with E-state index in [4.69, 9.17) is 0 Å². The number of anilines is 1. The van der Waals surface area contributed by atoms with E-state index >= 15 is 0 Å². The van der Waals surface area contributed by atoms with Gasteiger partial charge in [-0.25, -0.2) is 9.78 Å². The fourth-order valence-electron chi connectivity index (χ4n) is 3.77. The number of hydrogen-bond donors (Lipinski definition) is 3. The van der Waals surface area contributed by atoms with E-state index in [1.54, 1.807) is 25.4 Å². The predicted octanol–water partition coefficient (Wildman–Crippen LogP) is 2.36. The topological polar surface area (TPSA) is 86.4 Å². The van der Waals surface area contributed by atoms with E-state index in [0.29, 0.717) is 17.4 Å². The van der Waals surface area contributed by atoms with Gasteiger partial charge in [-0.15, -0.1) is 0 Å². The number of amides is 3. The molecule has 1 aliphatic heterocycles. The molecule has 0 unspecified atom stereocenters. The summed E-state index contributed by atoms with van der Waals surface area (Å²) in [5.74, 6) is 0.460. The molecule has 0 aromatic carbocycles. The van der Waals surface area contributed by atoms with Crippen molar-refractivity contribution in [2.45, 2.75) is 57.0 Å². The van der Waals surface area contributed by atoms with Crippen LogP contribution in [0, 0.1) is 0 Å². The number of rotatable bonds is 4. The van der Waals surface area contributed by atoms with Gasteiger partial charge in [0.2, 0.25) is 0 Å². The molecule has 3 rings (SSSR count). The Balaban J connectivity index is 1.49. The zero-order valence-electron chi connectivity index (χ0n) is 15.5. The molecule has 3 N–H and O–H groups in total. The maximum atomic E-state index is 12.4. The summed E-state index contributed by atoms with van der Waals surface area (Å²) in [5.41, 5.74) is 0.549. The fraction of sp³-hybridized carbons (Fsp3) is 0.632. The lowest BCUT2D eigenvalue weighted by molar-refractivity contribution is 0.0963. The van der Waals surface area contributed by atoms with Gasteiger partial charge in [0.25, 0.3) is 5.91 Å². The van der Waals surface area contributed by atoms with E-state index in [1.165, 1.54) is 19.3 Å². The minimum atomic E-state index is -0.148. The Morgan fingerprint density at radius 2 is 1.81 bits per heavy atom. The molecule has 1 aliphatic carbocycles. The van der Waals surface area contributed by atoms with E-state index in [2.05, 4.69) is 20.9 Å². The van der Waals surface area contributed by atoms with Crippen molar-refractivity contribution in [3.8, 4) is 0 Å². The lowest BCUT2D eigenvalue weighted by Crippen LogP contribution is -2.50. The summed E-state index contributed by atoms with van der Waals surface area (Å²) in [6.45, 7) is 1.44. The van der Waals surface area contributed by atoms with Crippen LogP contribution in [0.3, 0.4) is 0 Å². The average molecular weight is 359 g/mol. The highest BCUT2D eigenvalue weighted by Crippen LogP contribution is 2.20. The van der Waals surface area contributed by atoms with Crippen LogP contribution in [0.1, 0.15) is 55.3 Å². The van der Waals surface area contributed by atoms with Gasteiger partial charge in [-0.3, -0.25) is 4.79 Å². The third-order valence-corrected chi connectivity index (χ3v) is 5.34. The van der Waals surface area contributed by atoms with Crippen molar-refractivity contribution in [2.75, 3.05) is 25.5 Å². The summed E-state index contributed by atoms with van der Waals surface area (Å²) in [7, 11) is 1.61. The normalized spacial score (nSPS) is 19.0. The molecule has 26 heavy (non-hydrogen) atoms. The van der Waals surface area contributed by atoms with E-state index in [9.17, 15) is 9.59 Å². The van der Waals surface area contributed by atoms with Crippen LogP contribution in [0.25, 0.3) is 0 Å². The summed E-state index contributed by atoms with van der Waals surface area (Å²) >= 11 is 0. The first-order valence-electron chi connectivity index (χ1n) is 9.66. The Morgan fingerprint density at radius 1 is 1.08 bits per heavy atom. The van der Waals surface area contributed by atoms with E-state index in [1.807, 2.05) is 4.90 Å². The number of likely N-dealkylation sites (tertiary alicyclic amines) is 1. The molecular formula is C19H29N5O2. The lowest BCUT2D eigenvalue weighted by Gasteiger charge is -2.34. The minimum Gasteiger partial charge on any atom is -0.367 e. The Bertz CT molecular complexity index is 622. The van der Waals surface area contributed by atoms with Crippen molar-refractivity contribution in [1.82, 2.24) is 20.5 Å². The molecule has 7 heteroatoms. The van der Waals surface area contributed by atoms with E-state index in [0.717, 1.165) is 38.8 Å². The van der Waals surface area contributed by atoms with Crippen LogP contribution in [0.15, 0.2) is 18.3 Å². The van der Waals surface area contributed by atoms with E-state index in [-0.39, 0.29) is 18.0 Å². The highest BCUT2D eigenvalue weighted by Gasteiger charge is 2.25. The van der Waals surface area contributed by atoms with Crippen LogP contribution in [0.2, 0.25) is 0 Å². The van der Waals surface area contributed by atoms with Crippen LogP contribution in [-0.2, 0) is 0 Å². The number of pyridine rings is 1. The Morgan fingerprint density at radius 3 is 2.50 bits per heavy atom. The molecule has 2 fully saturated rings. The fourth-order valence-corrected chi connectivity index (χ4v) is 3.77. The molecule has 2 aliphatic rings. The number of hydrogen-bond acceptors (Lipinski definition) is 4. The SMILES string of the molecule is CNC(=O)c1cccnc1NC1CCN(C(=O)NC2CCCCC2)CC1. The van der Waals surface area contributed by atoms with Crippen LogP contribution in [0.4, 0.5) is 10.6 Å². The molecule has 1 aromatic heterocycles. The van der Waals surface area contributed by atoms with Gasteiger partial charge in [-0.2, -0.15) is 0 Å².